The third kappa shape index (κ3) is 3.64. The topological polar surface area (TPSA) is 59.5 Å². The monoisotopic (exact) mass is 344 g/mol. The number of amides is 1. The van der Waals surface area contributed by atoms with Gasteiger partial charge in [-0.25, -0.2) is 4.98 Å². The molecule has 0 spiro atoms. The van der Waals surface area contributed by atoms with E-state index in [2.05, 4.69) is 4.98 Å². The predicted molar refractivity (Wildman–Crippen MR) is 92.9 cm³/mol. The van der Waals surface area contributed by atoms with E-state index in [0.717, 1.165) is 29.8 Å². The first-order valence-corrected chi connectivity index (χ1v) is 8.89. The number of rotatable bonds is 4. The van der Waals surface area contributed by atoms with E-state index in [1.807, 2.05) is 35.2 Å². The molecule has 0 N–H and O–H groups in total. The molecule has 2 heterocycles. The van der Waals surface area contributed by atoms with Gasteiger partial charge in [-0.1, -0.05) is 30.3 Å². The molecule has 0 bridgehead atoms. The van der Waals surface area contributed by atoms with Crippen molar-refractivity contribution in [3.05, 3.63) is 41.4 Å². The Balaban J connectivity index is 1.77. The second-order valence-corrected chi connectivity index (χ2v) is 6.85. The highest BCUT2D eigenvalue weighted by Crippen LogP contribution is 2.28. The molecule has 5 nitrogen and oxygen atoms in total. The van der Waals surface area contributed by atoms with E-state index in [0.29, 0.717) is 11.4 Å². The Labute approximate surface area is 145 Å². The zero-order valence-electron chi connectivity index (χ0n) is 13.6. The number of piperidine rings is 1. The maximum atomic E-state index is 12.9. The number of benzene rings is 1. The number of esters is 1. The minimum Gasteiger partial charge on any atom is -0.469 e. The van der Waals surface area contributed by atoms with Crippen LogP contribution in [0.2, 0.25) is 0 Å². The third-order valence-electron chi connectivity index (χ3n) is 4.26. The SMILES string of the molecule is COC(=O)CC1CCCCN1C(=O)c1cnc(-c2ccccc2)s1. The number of methoxy groups -OCH3 is 1. The second-order valence-electron chi connectivity index (χ2n) is 5.82. The van der Waals surface area contributed by atoms with Crippen LogP contribution in [-0.4, -0.2) is 41.5 Å². The van der Waals surface area contributed by atoms with E-state index < -0.39 is 0 Å². The summed E-state index contributed by atoms with van der Waals surface area (Å²) in [4.78, 5) is 31.3. The fourth-order valence-corrected chi connectivity index (χ4v) is 3.86. The molecular formula is C18H20N2O3S. The van der Waals surface area contributed by atoms with Gasteiger partial charge in [0.05, 0.1) is 19.7 Å². The highest BCUT2D eigenvalue weighted by atomic mass is 32.1. The van der Waals surface area contributed by atoms with Crippen molar-refractivity contribution in [2.24, 2.45) is 0 Å². The molecule has 1 saturated heterocycles. The van der Waals surface area contributed by atoms with Gasteiger partial charge >= 0.3 is 5.97 Å². The van der Waals surface area contributed by atoms with Crippen molar-refractivity contribution in [2.75, 3.05) is 13.7 Å². The molecule has 1 atom stereocenters. The molecule has 6 heteroatoms. The first-order chi connectivity index (χ1) is 11.7. The molecule has 0 saturated carbocycles. The van der Waals surface area contributed by atoms with Crippen LogP contribution in [0.25, 0.3) is 10.6 Å². The van der Waals surface area contributed by atoms with Crippen molar-refractivity contribution in [1.29, 1.82) is 0 Å². The molecule has 0 radical (unpaired) electrons. The molecule has 1 aliphatic heterocycles. The normalized spacial score (nSPS) is 17.5. The van der Waals surface area contributed by atoms with Crippen LogP contribution < -0.4 is 0 Å². The van der Waals surface area contributed by atoms with E-state index in [9.17, 15) is 9.59 Å². The zero-order chi connectivity index (χ0) is 16.9. The first kappa shape index (κ1) is 16.6. The Kier molecular flexibility index (Phi) is 5.25. The van der Waals surface area contributed by atoms with E-state index in [1.165, 1.54) is 18.4 Å². The standard InChI is InChI=1S/C18H20N2O3S/c1-23-16(21)11-14-9-5-6-10-20(14)18(22)15-12-19-17(24-15)13-7-3-2-4-8-13/h2-4,7-8,12,14H,5-6,9-11H2,1H3. The summed E-state index contributed by atoms with van der Waals surface area (Å²) in [6.07, 6.45) is 4.73. The number of carbonyl (C=O) groups excluding carboxylic acids is 2. The van der Waals surface area contributed by atoms with Crippen LogP contribution in [0.3, 0.4) is 0 Å². The minimum atomic E-state index is -0.269. The van der Waals surface area contributed by atoms with Crippen molar-refractivity contribution >= 4 is 23.2 Å². The Morgan fingerprint density at radius 1 is 1.29 bits per heavy atom. The molecule has 24 heavy (non-hydrogen) atoms. The quantitative estimate of drug-likeness (QED) is 0.798. The van der Waals surface area contributed by atoms with Crippen LogP contribution in [-0.2, 0) is 9.53 Å². The summed E-state index contributed by atoms with van der Waals surface area (Å²) >= 11 is 1.40. The number of nitrogens with zero attached hydrogens (tertiary/aromatic N) is 2. The van der Waals surface area contributed by atoms with Crippen molar-refractivity contribution < 1.29 is 14.3 Å². The molecule has 0 aliphatic carbocycles. The summed E-state index contributed by atoms with van der Waals surface area (Å²) in [7, 11) is 1.38. The molecule has 1 fully saturated rings. The molecule has 3 rings (SSSR count). The van der Waals surface area contributed by atoms with E-state index >= 15 is 0 Å². The number of carbonyl (C=O) groups is 2. The van der Waals surface area contributed by atoms with Gasteiger partial charge in [-0.3, -0.25) is 9.59 Å². The smallest absolute Gasteiger partial charge is 0.307 e. The fourth-order valence-electron chi connectivity index (χ4n) is 2.98. The predicted octanol–water partition coefficient (Wildman–Crippen LogP) is 3.37. The van der Waals surface area contributed by atoms with Gasteiger partial charge in [0, 0.05) is 18.2 Å². The molecule has 1 unspecified atom stereocenters. The lowest BCUT2D eigenvalue weighted by atomic mass is 9.99. The molecule has 126 valence electrons. The van der Waals surface area contributed by atoms with Gasteiger partial charge in [0.2, 0.25) is 0 Å². The highest BCUT2D eigenvalue weighted by Gasteiger charge is 2.30. The molecule has 1 amide bonds. The van der Waals surface area contributed by atoms with Crippen LogP contribution in [0, 0.1) is 0 Å². The lowest BCUT2D eigenvalue weighted by Gasteiger charge is -2.34. The summed E-state index contributed by atoms with van der Waals surface area (Å²) < 4.78 is 4.76. The number of likely N-dealkylation sites (tertiary alicyclic amines) is 1. The Bertz CT molecular complexity index is 714. The van der Waals surface area contributed by atoms with Crippen molar-refractivity contribution in [3.8, 4) is 10.6 Å². The van der Waals surface area contributed by atoms with E-state index in [1.54, 1.807) is 6.20 Å². The summed E-state index contributed by atoms with van der Waals surface area (Å²) in [6.45, 7) is 0.680. The van der Waals surface area contributed by atoms with Crippen LogP contribution in [0.1, 0.15) is 35.4 Å². The number of ether oxygens (including phenoxy) is 1. The van der Waals surface area contributed by atoms with Crippen LogP contribution in [0.4, 0.5) is 0 Å². The number of hydrogen-bond acceptors (Lipinski definition) is 5. The Morgan fingerprint density at radius 2 is 2.08 bits per heavy atom. The Hall–Kier alpha value is -2.21. The summed E-state index contributed by atoms with van der Waals surface area (Å²) in [6, 6.07) is 9.74. The number of aromatic nitrogens is 1. The second kappa shape index (κ2) is 7.57. The van der Waals surface area contributed by atoms with Crippen molar-refractivity contribution in [2.45, 2.75) is 31.7 Å². The molecule has 1 aliphatic rings. The number of thiazole rings is 1. The lowest BCUT2D eigenvalue weighted by Crippen LogP contribution is -2.44. The van der Waals surface area contributed by atoms with Crippen LogP contribution in [0.5, 0.6) is 0 Å². The van der Waals surface area contributed by atoms with Gasteiger partial charge in [-0.15, -0.1) is 11.3 Å². The largest absolute Gasteiger partial charge is 0.469 e. The summed E-state index contributed by atoms with van der Waals surface area (Å²) in [5, 5.41) is 0.834. The van der Waals surface area contributed by atoms with Crippen LogP contribution in [0.15, 0.2) is 36.5 Å². The first-order valence-electron chi connectivity index (χ1n) is 8.08. The van der Waals surface area contributed by atoms with Gasteiger partial charge in [-0.05, 0) is 19.3 Å². The van der Waals surface area contributed by atoms with Crippen molar-refractivity contribution in [3.63, 3.8) is 0 Å². The van der Waals surface area contributed by atoms with Gasteiger partial charge < -0.3 is 9.64 Å². The summed E-state index contributed by atoms with van der Waals surface area (Å²) in [5.74, 6) is -0.308. The molecular weight excluding hydrogens is 324 g/mol. The van der Waals surface area contributed by atoms with Crippen LogP contribution >= 0.6 is 11.3 Å². The minimum absolute atomic E-state index is 0.0386. The third-order valence-corrected chi connectivity index (χ3v) is 5.29. The zero-order valence-corrected chi connectivity index (χ0v) is 14.4. The van der Waals surface area contributed by atoms with E-state index in [-0.39, 0.29) is 24.3 Å². The maximum absolute atomic E-state index is 12.9. The van der Waals surface area contributed by atoms with Gasteiger partial charge in [0.1, 0.15) is 9.88 Å². The van der Waals surface area contributed by atoms with E-state index in [4.69, 9.17) is 4.74 Å². The lowest BCUT2D eigenvalue weighted by molar-refractivity contribution is -0.142. The molecule has 2 aromatic rings. The number of hydrogen-bond donors (Lipinski definition) is 0. The molecule has 1 aromatic heterocycles. The van der Waals surface area contributed by atoms with Gasteiger partial charge in [-0.2, -0.15) is 0 Å². The summed E-state index contributed by atoms with van der Waals surface area (Å²) in [5.41, 5.74) is 1.01. The van der Waals surface area contributed by atoms with Gasteiger partial charge in [0.15, 0.2) is 0 Å². The van der Waals surface area contributed by atoms with Crippen molar-refractivity contribution in [1.82, 2.24) is 9.88 Å². The molecule has 1 aromatic carbocycles. The highest BCUT2D eigenvalue weighted by molar-refractivity contribution is 7.16. The average Bonchev–Trinajstić information content (AvgIpc) is 3.12. The van der Waals surface area contributed by atoms with Gasteiger partial charge in [0.25, 0.3) is 5.91 Å². The maximum Gasteiger partial charge on any atom is 0.307 e. The fraction of sp³-hybridized carbons (Fsp3) is 0.389. The Morgan fingerprint density at radius 3 is 2.83 bits per heavy atom. The average molecular weight is 344 g/mol.